The molecule has 1 unspecified atom stereocenters. The van der Waals surface area contributed by atoms with Crippen LogP contribution in [-0.4, -0.2) is 44.3 Å². The number of halogens is 2. The van der Waals surface area contributed by atoms with Crippen LogP contribution in [0.1, 0.15) is 37.9 Å². The molecule has 1 aliphatic rings. The van der Waals surface area contributed by atoms with Crippen molar-refractivity contribution in [2.75, 3.05) is 27.2 Å². The van der Waals surface area contributed by atoms with Crippen LogP contribution in [0.5, 0.6) is 5.75 Å². The number of nitrogens with one attached hydrogen (secondary N) is 1. The zero-order valence-electron chi connectivity index (χ0n) is 15.1. The average Bonchev–Trinajstić information content (AvgIpc) is 2.68. The van der Waals surface area contributed by atoms with Gasteiger partial charge in [-0.2, -0.15) is 0 Å². The van der Waals surface area contributed by atoms with E-state index in [4.69, 9.17) is 16.3 Å². The van der Waals surface area contributed by atoms with Crippen molar-refractivity contribution in [3.8, 4) is 5.75 Å². The lowest BCUT2D eigenvalue weighted by atomic mass is 9.92. The standard InChI is InChI=1S/C20H20ClFN2O3/c1-24(20(26)13-6-4-3-5-12(13)11-25)10-17-18-14(7-8-23-17)15(21)9-16(22)19(18)27-2/h3-6,9,11,17,23H,7-8,10H2,1-2H3. The van der Waals surface area contributed by atoms with E-state index in [0.29, 0.717) is 41.0 Å². The minimum atomic E-state index is -0.532. The molecule has 0 saturated heterocycles. The summed E-state index contributed by atoms with van der Waals surface area (Å²) in [4.78, 5) is 25.5. The zero-order valence-corrected chi connectivity index (χ0v) is 15.8. The molecule has 5 nitrogen and oxygen atoms in total. The first-order valence-corrected chi connectivity index (χ1v) is 8.93. The number of carbonyl (C=O) groups is 2. The highest BCUT2D eigenvalue weighted by atomic mass is 35.5. The molecule has 1 atom stereocenters. The van der Waals surface area contributed by atoms with Gasteiger partial charge in [0.2, 0.25) is 0 Å². The molecule has 2 aromatic carbocycles. The third-order valence-corrected chi connectivity index (χ3v) is 5.11. The number of amides is 1. The molecule has 3 rings (SSSR count). The van der Waals surface area contributed by atoms with Gasteiger partial charge in [-0.15, -0.1) is 0 Å². The second-order valence-electron chi connectivity index (χ2n) is 6.41. The quantitative estimate of drug-likeness (QED) is 0.796. The highest BCUT2D eigenvalue weighted by molar-refractivity contribution is 6.31. The molecule has 1 amide bonds. The van der Waals surface area contributed by atoms with Gasteiger partial charge in [0.25, 0.3) is 5.91 Å². The Morgan fingerprint density at radius 1 is 1.44 bits per heavy atom. The lowest BCUT2D eigenvalue weighted by Crippen LogP contribution is -2.40. The van der Waals surface area contributed by atoms with E-state index in [1.54, 1.807) is 31.3 Å². The van der Waals surface area contributed by atoms with Crippen LogP contribution in [0.15, 0.2) is 30.3 Å². The van der Waals surface area contributed by atoms with E-state index >= 15 is 0 Å². The number of likely N-dealkylation sites (N-methyl/N-ethyl adjacent to an activating group) is 1. The van der Waals surface area contributed by atoms with Gasteiger partial charge in [-0.3, -0.25) is 9.59 Å². The largest absolute Gasteiger partial charge is 0.493 e. The maximum absolute atomic E-state index is 14.3. The predicted octanol–water partition coefficient (Wildman–Crippen LogP) is 3.26. The smallest absolute Gasteiger partial charge is 0.254 e. The van der Waals surface area contributed by atoms with Crippen LogP contribution in [0.2, 0.25) is 5.02 Å². The topological polar surface area (TPSA) is 58.6 Å². The van der Waals surface area contributed by atoms with Crippen LogP contribution in [0, 0.1) is 5.82 Å². The Balaban J connectivity index is 1.92. The lowest BCUT2D eigenvalue weighted by molar-refractivity contribution is 0.0776. The molecule has 7 heteroatoms. The molecular weight excluding hydrogens is 371 g/mol. The molecule has 1 aliphatic heterocycles. The molecule has 1 heterocycles. The number of methoxy groups -OCH3 is 1. The number of hydrogen-bond acceptors (Lipinski definition) is 4. The van der Waals surface area contributed by atoms with Crippen molar-refractivity contribution < 1.29 is 18.7 Å². The van der Waals surface area contributed by atoms with Gasteiger partial charge in [0.1, 0.15) is 0 Å². The number of ether oxygens (including phenoxy) is 1. The van der Waals surface area contributed by atoms with Gasteiger partial charge in [0, 0.05) is 29.7 Å². The second-order valence-corrected chi connectivity index (χ2v) is 6.82. The van der Waals surface area contributed by atoms with Gasteiger partial charge in [0.05, 0.1) is 18.7 Å². The Morgan fingerprint density at radius 3 is 2.89 bits per heavy atom. The van der Waals surface area contributed by atoms with Gasteiger partial charge >= 0.3 is 0 Å². The minimum Gasteiger partial charge on any atom is -0.493 e. The monoisotopic (exact) mass is 390 g/mol. The van der Waals surface area contributed by atoms with E-state index in [2.05, 4.69) is 5.32 Å². The van der Waals surface area contributed by atoms with E-state index in [0.717, 1.165) is 5.56 Å². The number of fused-ring (bicyclic) bond motifs is 1. The van der Waals surface area contributed by atoms with Gasteiger partial charge in [0.15, 0.2) is 17.9 Å². The molecule has 0 radical (unpaired) electrons. The van der Waals surface area contributed by atoms with Crippen LogP contribution < -0.4 is 10.1 Å². The first-order valence-electron chi connectivity index (χ1n) is 8.55. The highest BCUT2D eigenvalue weighted by Gasteiger charge is 2.30. The molecule has 27 heavy (non-hydrogen) atoms. The number of hydrogen-bond donors (Lipinski definition) is 1. The van der Waals surface area contributed by atoms with E-state index in [9.17, 15) is 14.0 Å². The summed E-state index contributed by atoms with van der Waals surface area (Å²) in [5.74, 6) is -0.677. The summed E-state index contributed by atoms with van der Waals surface area (Å²) in [5.41, 5.74) is 2.12. The van der Waals surface area contributed by atoms with Crippen LogP contribution in [0.25, 0.3) is 0 Å². The Morgan fingerprint density at radius 2 is 2.19 bits per heavy atom. The van der Waals surface area contributed by atoms with Gasteiger partial charge in [-0.1, -0.05) is 29.8 Å². The summed E-state index contributed by atoms with van der Waals surface area (Å²) in [7, 11) is 3.06. The maximum atomic E-state index is 14.3. The summed E-state index contributed by atoms with van der Waals surface area (Å²) in [6.45, 7) is 0.925. The van der Waals surface area contributed by atoms with Crippen molar-refractivity contribution in [2.45, 2.75) is 12.5 Å². The molecule has 0 bridgehead atoms. The summed E-state index contributed by atoms with van der Waals surface area (Å²) in [5, 5.41) is 3.66. The Hall–Kier alpha value is -2.44. The minimum absolute atomic E-state index is 0.140. The first kappa shape index (κ1) is 19.3. The molecule has 0 saturated carbocycles. The number of benzene rings is 2. The molecule has 0 spiro atoms. The van der Waals surface area contributed by atoms with Crippen molar-refractivity contribution in [1.82, 2.24) is 10.2 Å². The van der Waals surface area contributed by atoms with Gasteiger partial charge in [-0.05, 0) is 30.7 Å². The normalized spacial score (nSPS) is 15.8. The van der Waals surface area contributed by atoms with Crippen LogP contribution in [-0.2, 0) is 6.42 Å². The lowest BCUT2D eigenvalue weighted by Gasteiger charge is -2.32. The summed E-state index contributed by atoms with van der Waals surface area (Å²) < 4.78 is 19.6. The van der Waals surface area contributed by atoms with Crippen molar-refractivity contribution in [3.63, 3.8) is 0 Å². The summed E-state index contributed by atoms with van der Waals surface area (Å²) >= 11 is 6.23. The van der Waals surface area contributed by atoms with E-state index in [-0.39, 0.29) is 24.2 Å². The maximum Gasteiger partial charge on any atom is 0.254 e. The fraction of sp³-hybridized carbons (Fsp3) is 0.300. The average molecular weight is 391 g/mol. The first-order chi connectivity index (χ1) is 13.0. The van der Waals surface area contributed by atoms with E-state index < -0.39 is 5.82 Å². The molecule has 0 aliphatic carbocycles. The SMILES string of the molecule is COc1c(F)cc(Cl)c2c1C(CN(C)C(=O)c1ccccc1C=O)NCC2. The van der Waals surface area contributed by atoms with Crippen molar-refractivity contribution >= 4 is 23.8 Å². The summed E-state index contributed by atoms with van der Waals surface area (Å²) in [6, 6.07) is 7.54. The van der Waals surface area contributed by atoms with Crippen molar-refractivity contribution in [2.24, 2.45) is 0 Å². The second kappa shape index (κ2) is 8.06. The zero-order chi connectivity index (χ0) is 19.6. The summed E-state index contributed by atoms with van der Waals surface area (Å²) in [6.07, 6.45) is 1.31. The molecule has 2 aromatic rings. The number of aldehydes is 1. The molecule has 0 fully saturated rings. The van der Waals surface area contributed by atoms with Crippen LogP contribution in [0.3, 0.4) is 0 Å². The van der Waals surface area contributed by atoms with E-state index in [1.165, 1.54) is 18.1 Å². The molecular formula is C20H20ClFN2O3. The third kappa shape index (κ3) is 3.68. The van der Waals surface area contributed by atoms with Crippen LogP contribution in [0.4, 0.5) is 4.39 Å². The Kier molecular flexibility index (Phi) is 5.77. The molecule has 0 aromatic heterocycles. The fourth-order valence-electron chi connectivity index (χ4n) is 3.47. The third-order valence-electron chi connectivity index (χ3n) is 4.77. The van der Waals surface area contributed by atoms with Crippen molar-refractivity contribution in [3.05, 3.63) is 63.4 Å². The Bertz CT molecular complexity index is 868. The molecule has 142 valence electrons. The fourth-order valence-corrected chi connectivity index (χ4v) is 3.77. The van der Waals surface area contributed by atoms with Gasteiger partial charge in [-0.25, -0.2) is 4.39 Å². The number of nitrogens with zero attached hydrogens (tertiary/aromatic N) is 1. The van der Waals surface area contributed by atoms with Crippen LogP contribution >= 0.6 is 11.6 Å². The predicted molar refractivity (Wildman–Crippen MR) is 101 cm³/mol. The molecule has 1 N–H and O–H groups in total. The van der Waals surface area contributed by atoms with Crippen molar-refractivity contribution in [1.29, 1.82) is 0 Å². The Labute approximate surface area is 162 Å². The highest BCUT2D eigenvalue weighted by Crippen LogP contribution is 2.38. The number of carbonyl (C=O) groups excluding carboxylic acids is 2. The van der Waals surface area contributed by atoms with E-state index in [1.807, 2.05) is 0 Å². The number of rotatable bonds is 5. The van der Waals surface area contributed by atoms with Gasteiger partial charge < -0.3 is 15.0 Å².